The van der Waals surface area contributed by atoms with E-state index in [1.165, 1.54) is 6.08 Å². The van der Waals surface area contributed by atoms with Gasteiger partial charge in [0.15, 0.2) is 0 Å². The third kappa shape index (κ3) is 3.88. The molecule has 0 spiro atoms. The molecule has 0 aliphatic heterocycles. The smallest absolute Gasteiger partial charge is 0.328 e. The highest BCUT2D eigenvalue weighted by Gasteiger charge is 2.03. The van der Waals surface area contributed by atoms with Crippen LogP contribution < -0.4 is 0 Å². The molecule has 0 unspecified atom stereocenters. The maximum Gasteiger partial charge on any atom is 0.328 e. The number of aliphatic carboxylic acids is 1. The Labute approximate surface area is 97.8 Å². The lowest BCUT2D eigenvalue weighted by atomic mass is 10.0. The van der Waals surface area contributed by atoms with Crippen molar-refractivity contribution in [1.82, 2.24) is 0 Å². The quantitative estimate of drug-likeness (QED) is 0.846. The molecule has 0 amide bonds. The van der Waals surface area contributed by atoms with Gasteiger partial charge in [-0.15, -0.1) is 0 Å². The molecule has 0 radical (unpaired) electrons. The van der Waals surface area contributed by atoms with Crippen LogP contribution in [0, 0.1) is 0 Å². The zero-order valence-electron chi connectivity index (χ0n) is 8.53. The minimum Gasteiger partial charge on any atom is -0.478 e. The van der Waals surface area contributed by atoms with Crippen LogP contribution in [-0.4, -0.2) is 11.1 Å². The largest absolute Gasteiger partial charge is 0.478 e. The summed E-state index contributed by atoms with van der Waals surface area (Å²) in [5.74, 6) is -0.890. The minimum absolute atomic E-state index is 0.781. The van der Waals surface area contributed by atoms with E-state index in [1.54, 1.807) is 0 Å². The first-order valence-electron chi connectivity index (χ1n) is 4.83. The Kier molecular flexibility index (Phi) is 4.56. The Morgan fingerprint density at radius 1 is 1.53 bits per heavy atom. The van der Waals surface area contributed by atoms with Gasteiger partial charge in [-0.3, -0.25) is 0 Å². The number of carbonyl (C=O) groups is 1. The SMILES string of the molecule is CCCC(=CC(=O)O)c1cccc(Br)c1. The number of hydrogen-bond acceptors (Lipinski definition) is 1. The molecule has 15 heavy (non-hydrogen) atoms. The highest BCUT2D eigenvalue weighted by molar-refractivity contribution is 9.10. The van der Waals surface area contributed by atoms with E-state index in [0.29, 0.717) is 0 Å². The minimum atomic E-state index is -0.890. The fourth-order valence-corrected chi connectivity index (χ4v) is 1.81. The third-order valence-corrected chi connectivity index (χ3v) is 2.51. The van der Waals surface area contributed by atoms with E-state index >= 15 is 0 Å². The topological polar surface area (TPSA) is 37.3 Å². The lowest BCUT2D eigenvalue weighted by Gasteiger charge is -2.05. The fourth-order valence-electron chi connectivity index (χ4n) is 1.41. The fraction of sp³-hybridized carbons (Fsp3) is 0.250. The molecule has 0 aliphatic carbocycles. The van der Waals surface area contributed by atoms with Crippen LogP contribution in [0.25, 0.3) is 5.57 Å². The molecule has 0 atom stereocenters. The maximum atomic E-state index is 10.7. The molecule has 1 aromatic carbocycles. The van der Waals surface area contributed by atoms with Crippen LogP contribution in [0.4, 0.5) is 0 Å². The molecule has 0 fully saturated rings. The molecular formula is C12H13BrO2. The first-order chi connectivity index (χ1) is 7.13. The summed E-state index contributed by atoms with van der Waals surface area (Å²) in [4.78, 5) is 10.7. The van der Waals surface area contributed by atoms with Crippen molar-refractivity contribution < 1.29 is 9.90 Å². The summed E-state index contributed by atoms with van der Waals surface area (Å²) in [5.41, 5.74) is 1.83. The standard InChI is InChI=1S/C12H13BrO2/c1-2-4-9(8-12(14)15)10-5-3-6-11(13)7-10/h3,5-8H,2,4H2,1H3,(H,14,15). The van der Waals surface area contributed by atoms with E-state index in [0.717, 1.165) is 28.5 Å². The van der Waals surface area contributed by atoms with Crippen molar-refractivity contribution in [2.24, 2.45) is 0 Å². The van der Waals surface area contributed by atoms with Crippen LogP contribution in [0.5, 0.6) is 0 Å². The van der Waals surface area contributed by atoms with Crippen molar-refractivity contribution in [3.05, 3.63) is 40.4 Å². The Bertz CT molecular complexity index is 383. The Morgan fingerprint density at radius 3 is 2.80 bits per heavy atom. The van der Waals surface area contributed by atoms with E-state index in [2.05, 4.69) is 15.9 Å². The second-order valence-electron chi connectivity index (χ2n) is 3.27. The van der Waals surface area contributed by atoms with Crippen molar-refractivity contribution in [2.75, 3.05) is 0 Å². The van der Waals surface area contributed by atoms with Gasteiger partial charge in [-0.1, -0.05) is 41.4 Å². The van der Waals surface area contributed by atoms with Crippen LogP contribution >= 0.6 is 15.9 Å². The molecular weight excluding hydrogens is 256 g/mol. The molecule has 0 heterocycles. The van der Waals surface area contributed by atoms with E-state index in [-0.39, 0.29) is 0 Å². The van der Waals surface area contributed by atoms with Crippen LogP contribution in [0.2, 0.25) is 0 Å². The summed E-state index contributed by atoms with van der Waals surface area (Å²) < 4.78 is 0.965. The number of halogens is 1. The Hall–Kier alpha value is -1.09. The van der Waals surface area contributed by atoms with Crippen molar-refractivity contribution in [3.63, 3.8) is 0 Å². The Morgan fingerprint density at radius 2 is 2.27 bits per heavy atom. The summed E-state index contributed by atoms with van der Waals surface area (Å²) in [6.07, 6.45) is 3.00. The average molecular weight is 269 g/mol. The van der Waals surface area contributed by atoms with Crippen molar-refractivity contribution in [2.45, 2.75) is 19.8 Å². The number of hydrogen-bond donors (Lipinski definition) is 1. The van der Waals surface area contributed by atoms with Crippen LogP contribution in [-0.2, 0) is 4.79 Å². The van der Waals surface area contributed by atoms with E-state index in [9.17, 15) is 4.79 Å². The van der Waals surface area contributed by atoms with Crippen LogP contribution in [0.3, 0.4) is 0 Å². The van der Waals surface area contributed by atoms with Gasteiger partial charge in [-0.05, 0) is 29.7 Å². The maximum absolute atomic E-state index is 10.7. The lowest BCUT2D eigenvalue weighted by Crippen LogP contribution is -1.92. The highest BCUT2D eigenvalue weighted by Crippen LogP contribution is 2.22. The van der Waals surface area contributed by atoms with Gasteiger partial charge in [0, 0.05) is 10.5 Å². The second kappa shape index (κ2) is 5.71. The summed E-state index contributed by atoms with van der Waals surface area (Å²) in [5, 5.41) is 8.75. The van der Waals surface area contributed by atoms with Crippen molar-refractivity contribution in [1.29, 1.82) is 0 Å². The van der Waals surface area contributed by atoms with E-state index in [1.807, 2.05) is 31.2 Å². The van der Waals surface area contributed by atoms with Gasteiger partial charge < -0.3 is 5.11 Å². The van der Waals surface area contributed by atoms with Gasteiger partial charge in [0.1, 0.15) is 0 Å². The monoisotopic (exact) mass is 268 g/mol. The summed E-state index contributed by atoms with van der Waals surface area (Å²) in [6.45, 7) is 2.04. The lowest BCUT2D eigenvalue weighted by molar-refractivity contribution is -0.131. The molecule has 2 nitrogen and oxygen atoms in total. The molecule has 3 heteroatoms. The zero-order valence-corrected chi connectivity index (χ0v) is 10.1. The molecule has 0 aromatic heterocycles. The molecule has 1 N–H and O–H groups in total. The van der Waals surface area contributed by atoms with Gasteiger partial charge in [-0.2, -0.15) is 0 Å². The van der Waals surface area contributed by atoms with Crippen molar-refractivity contribution in [3.8, 4) is 0 Å². The summed E-state index contributed by atoms with van der Waals surface area (Å²) in [6, 6.07) is 7.69. The first kappa shape index (κ1) is 12.0. The molecule has 0 aliphatic rings. The van der Waals surface area contributed by atoms with Gasteiger partial charge in [0.25, 0.3) is 0 Å². The van der Waals surface area contributed by atoms with Gasteiger partial charge in [0.05, 0.1) is 0 Å². The first-order valence-corrected chi connectivity index (χ1v) is 5.62. The van der Waals surface area contributed by atoms with Crippen LogP contribution in [0.1, 0.15) is 25.3 Å². The molecule has 0 saturated heterocycles. The molecule has 1 aromatic rings. The van der Waals surface area contributed by atoms with Crippen LogP contribution in [0.15, 0.2) is 34.8 Å². The third-order valence-electron chi connectivity index (χ3n) is 2.01. The summed E-state index contributed by atoms with van der Waals surface area (Å²) >= 11 is 3.37. The van der Waals surface area contributed by atoms with E-state index < -0.39 is 5.97 Å². The Balaban J connectivity index is 3.04. The van der Waals surface area contributed by atoms with E-state index in [4.69, 9.17) is 5.11 Å². The second-order valence-corrected chi connectivity index (χ2v) is 4.18. The molecule has 0 saturated carbocycles. The zero-order chi connectivity index (χ0) is 11.3. The normalized spacial score (nSPS) is 11.5. The predicted octanol–water partition coefficient (Wildman–Crippen LogP) is 3.72. The number of carboxylic acid groups (broad SMARTS) is 1. The number of benzene rings is 1. The molecule has 80 valence electrons. The number of carboxylic acids is 1. The highest BCUT2D eigenvalue weighted by atomic mass is 79.9. The average Bonchev–Trinajstić information content (AvgIpc) is 2.16. The number of allylic oxidation sites excluding steroid dienone is 1. The number of rotatable bonds is 4. The van der Waals surface area contributed by atoms with Gasteiger partial charge in [0.2, 0.25) is 0 Å². The van der Waals surface area contributed by atoms with Crippen molar-refractivity contribution >= 4 is 27.5 Å². The summed E-state index contributed by atoms with van der Waals surface area (Å²) in [7, 11) is 0. The molecule has 1 rings (SSSR count). The predicted molar refractivity (Wildman–Crippen MR) is 64.7 cm³/mol. The van der Waals surface area contributed by atoms with Gasteiger partial charge in [-0.25, -0.2) is 4.79 Å². The molecule has 0 bridgehead atoms. The van der Waals surface area contributed by atoms with Gasteiger partial charge >= 0.3 is 5.97 Å².